The van der Waals surface area contributed by atoms with Crippen LogP contribution >= 0.6 is 0 Å². The monoisotopic (exact) mass is 338 g/mol. The molecule has 25 heavy (non-hydrogen) atoms. The van der Waals surface area contributed by atoms with Gasteiger partial charge in [0.1, 0.15) is 0 Å². The van der Waals surface area contributed by atoms with Gasteiger partial charge in [0.05, 0.1) is 0 Å². The van der Waals surface area contributed by atoms with Crippen LogP contribution in [0.2, 0.25) is 0 Å². The lowest BCUT2D eigenvalue weighted by Crippen LogP contribution is -2.31. The molecule has 2 heterocycles. The van der Waals surface area contributed by atoms with Gasteiger partial charge < -0.3 is 19.7 Å². The zero-order valence-electron chi connectivity index (χ0n) is 14.4. The molecular formula is C20H22N2O3. The number of rotatable bonds is 4. The SMILES string of the molecule is CCN(Cc1ccc2c(c1)OCO2)C(=O)c1cccc2c1CCCN2. The van der Waals surface area contributed by atoms with E-state index in [1.54, 1.807) is 0 Å². The number of ether oxygens (including phenoxy) is 2. The molecule has 5 nitrogen and oxygen atoms in total. The zero-order chi connectivity index (χ0) is 17.2. The molecule has 1 amide bonds. The lowest BCUT2D eigenvalue weighted by Gasteiger charge is -2.25. The summed E-state index contributed by atoms with van der Waals surface area (Å²) in [5, 5.41) is 3.39. The van der Waals surface area contributed by atoms with Gasteiger partial charge in [-0.2, -0.15) is 0 Å². The number of hydrogen-bond donors (Lipinski definition) is 1. The molecule has 2 aliphatic rings. The fourth-order valence-corrected chi connectivity index (χ4v) is 3.47. The van der Waals surface area contributed by atoms with Crippen molar-refractivity contribution in [2.45, 2.75) is 26.3 Å². The van der Waals surface area contributed by atoms with E-state index >= 15 is 0 Å². The van der Waals surface area contributed by atoms with E-state index in [1.165, 1.54) is 0 Å². The van der Waals surface area contributed by atoms with Gasteiger partial charge in [-0.15, -0.1) is 0 Å². The van der Waals surface area contributed by atoms with Crippen LogP contribution < -0.4 is 14.8 Å². The Bertz CT molecular complexity index is 804. The van der Waals surface area contributed by atoms with Crippen LogP contribution in [-0.4, -0.2) is 30.7 Å². The van der Waals surface area contributed by atoms with Crippen LogP contribution in [-0.2, 0) is 13.0 Å². The van der Waals surface area contributed by atoms with Gasteiger partial charge in [-0.05, 0) is 55.2 Å². The van der Waals surface area contributed by atoms with Crippen LogP contribution in [0.3, 0.4) is 0 Å². The Labute approximate surface area is 147 Å². The largest absolute Gasteiger partial charge is 0.454 e. The minimum atomic E-state index is 0.0840. The minimum absolute atomic E-state index is 0.0840. The summed E-state index contributed by atoms with van der Waals surface area (Å²) in [6, 6.07) is 11.8. The number of anilines is 1. The van der Waals surface area contributed by atoms with E-state index < -0.39 is 0 Å². The summed E-state index contributed by atoms with van der Waals surface area (Å²) >= 11 is 0. The van der Waals surface area contributed by atoms with Crippen molar-refractivity contribution in [2.24, 2.45) is 0 Å². The van der Waals surface area contributed by atoms with E-state index in [1.807, 2.05) is 42.2 Å². The number of carbonyl (C=O) groups excluding carboxylic acids is 1. The Hall–Kier alpha value is -2.69. The third-order valence-corrected chi connectivity index (χ3v) is 4.80. The molecule has 0 radical (unpaired) electrons. The van der Waals surface area contributed by atoms with Crippen molar-refractivity contribution in [2.75, 3.05) is 25.2 Å². The fraction of sp³-hybridized carbons (Fsp3) is 0.350. The summed E-state index contributed by atoms with van der Waals surface area (Å²) in [6.07, 6.45) is 2.01. The number of fused-ring (bicyclic) bond motifs is 2. The van der Waals surface area contributed by atoms with E-state index in [2.05, 4.69) is 11.4 Å². The Morgan fingerprint density at radius 2 is 2.08 bits per heavy atom. The second kappa shape index (κ2) is 6.67. The van der Waals surface area contributed by atoms with Crippen molar-refractivity contribution >= 4 is 11.6 Å². The molecule has 0 unspecified atom stereocenters. The number of nitrogens with one attached hydrogen (secondary N) is 1. The molecule has 0 saturated carbocycles. The maximum atomic E-state index is 13.1. The average molecular weight is 338 g/mol. The molecule has 0 fully saturated rings. The van der Waals surface area contributed by atoms with Crippen molar-refractivity contribution in [3.63, 3.8) is 0 Å². The van der Waals surface area contributed by atoms with Crippen LogP contribution in [0, 0.1) is 0 Å². The van der Waals surface area contributed by atoms with Gasteiger partial charge in [0.25, 0.3) is 5.91 Å². The third-order valence-electron chi connectivity index (χ3n) is 4.80. The number of nitrogens with zero attached hydrogens (tertiary/aromatic N) is 1. The zero-order valence-corrected chi connectivity index (χ0v) is 14.4. The molecular weight excluding hydrogens is 316 g/mol. The standard InChI is InChI=1S/C20H22N2O3/c1-2-22(12-14-8-9-18-19(11-14)25-13-24-18)20(23)16-5-3-7-17-15(16)6-4-10-21-17/h3,5,7-9,11,21H,2,4,6,10,12-13H2,1H3. The molecule has 5 heteroatoms. The van der Waals surface area contributed by atoms with Gasteiger partial charge in [-0.25, -0.2) is 0 Å². The highest BCUT2D eigenvalue weighted by atomic mass is 16.7. The molecule has 4 rings (SSSR count). The molecule has 2 aromatic carbocycles. The van der Waals surface area contributed by atoms with Crippen molar-refractivity contribution in [3.05, 3.63) is 53.1 Å². The summed E-state index contributed by atoms with van der Waals surface area (Å²) in [6.45, 7) is 4.46. The van der Waals surface area contributed by atoms with Gasteiger partial charge in [0.2, 0.25) is 6.79 Å². The maximum absolute atomic E-state index is 13.1. The Balaban J connectivity index is 1.58. The van der Waals surface area contributed by atoms with Gasteiger partial charge in [-0.3, -0.25) is 4.79 Å². The predicted molar refractivity (Wildman–Crippen MR) is 96.2 cm³/mol. The first-order valence-electron chi connectivity index (χ1n) is 8.80. The molecule has 0 spiro atoms. The second-order valence-corrected chi connectivity index (χ2v) is 6.37. The number of carbonyl (C=O) groups is 1. The first-order valence-corrected chi connectivity index (χ1v) is 8.80. The minimum Gasteiger partial charge on any atom is -0.454 e. The summed E-state index contributed by atoms with van der Waals surface area (Å²) in [5.74, 6) is 1.60. The Morgan fingerprint density at radius 1 is 1.20 bits per heavy atom. The molecule has 2 aliphatic heterocycles. The van der Waals surface area contributed by atoms with Crippen LogP contribution in [0.15, 0.2) is 36.4 Å². The van der Waals surface area contributed by atoms with Gasteiger partial charge in [0.15, 0.2) is 11.5 Å². The number of benzene rings is 2. The quantitative estimate of drug-likeness (QED) is 0.928. The molecule has 1 N–H and O–H groups in total. The van der Waals surface area contributed by atoms with Crippen molar-refractivity contribution < 1.29 is 14.3 Å². The predicted octanol–water partition coefficient (Wildman–Crippen LogP) is 3.44. The van der Waals surface area contributed by atoms with E-state index in [4.69, 9.17) is 9.47 Å². The van der Waals surface area contributed by atoms with Crippen LogP contribution in [0.4, 0.5) is 5.69 Å². The molecule has 0 aromatic heterocycles. The van der Waals surface area contributed by atoms with Gasteiger partial charge in [0, 0.05) is 30.9 Å². The highest BCUT2D eigenvalue weighted by Crippen LogP contribution is 2.33. The van der Waals surface area contributed by atoms with Crippen molar-refractivity contribution in [3.8, 4) is 11.5 Å². The lowest BCUT2D eigenvalue weighted by atomic mass is 9.96. The summed E-state index contributed by atoms with van der Waals surface area (Å²) in [5.41, 5.74) is 4.09. The van der Waals surface area contributed by atoms with E-state index in [0.717, 1.165) is 53.3 Å². The smallest absolute Gasteiger partial charge is 0.254 e. The molecule has 0 aliphatic carbocycles. The van der Waals surface area contributed by atoms with Gasteiger partial charge in [-0.1, -0.05) is 12.1 Å². The summed E-state index contributed by atoms with van der Waals surface area (Å²) in [4.78, 5) is 15.0. The fourth-order valence-electron chi connectivity index (χ4n) is 3.47. The summed E-state index contributed by atoms with van der Waals surface area (Å²) < 4.78 is 10.8. The highest BCUT2D eigenvalue weighted by Gasteiger charge is 2.22. The van der Waals surface area contributed by atoms with E-state index in [9.17, 15) is 4.79 Å². The molecule has 2 aromatic rings. The molecule has 130 valence electrons. The molecule has 0 bridgehead atoms. The van der Waals surface area contributed by atoms with E-state index in [0.29, 0.717) is 13.1 Å². The van der Waals surface area contributed by atoms with Crippen LogP contribution in [0.1, 0.15) is 34.8 Å². The summed E-state index contributed by atoms with van der Waals surface area (Å²) in [7, 11) is 0. The van der Waals surface area contributed by atoms with Crippen molar-refractivity contribution in [1.29, 1.82) is 0 Å². The van der Waals surface area contributed by atoms with Crippen molar-refractivity contribution in [1.82, 2.24) is 4.90 Å². The Kier molecular flexibility index (Phi) is 4.22. The third kappa shape index (κ3) is 3.02. The molecule has 0 saturated heterocycles. The van der Waals surface area contributed by atoms with Gasteiger partial charge >= 0.3 is 0 Å². The second-order valence-electron chi connectivity index (χ2n) is 6.37. The lowest BCUT2D eigenvalue weighted by molar-refractivity contribution is 0.0751. The first-order chi connectivity index (χ1) is 12.3. The van der Waals surface area contributed by atoms with Crippen LogP contribution in [0.5, 0.6) is 11.5 Å². The Morgan fingerprint density at radius 3 is 2.96 bits per heavy atom. The first kappa shape index (κ1) is 15.8. The normalized spacial score (nSPS) is 14.6. The van der Waals surface area contributed by atoms with Crippen LogP contribution in [0.25, 0.3) is 0 Å². The number of amides is 1. The molecule has 0 atom stereocenters. The number of hydrogen-bond acceptors (Lipinski definition) is 4. The van der Waals surface area contributed by atoms with E-state index in [-0.39, 0.29) is 12.7 Å². The topological polar surface area (TPSA) is 50.8 Å². The average Bonchev–Trinajstić information content (AvgIpc) is 3.13. The highest BCUT2D eigenvalue weighted by molar-refractivity contribution is 5.97. The maximum Gasteiger partial charge on any atom is 0.254 e.